The van der Waals surface area contributed by atoms with Crippen molar-refractivity contribution in [3.63, 3.8) is 0 Å². The Balaban J connectivity index is 1.93. The Morgan fingerprint density at radius 1 is 1.00 bits per heavy atom. The molecular formula is C20H20N2OS3. The molecule has 0 saturated carbocycles. The number of carbonyl (C=O) groups excluding carboxylic acids is 1. The number of thioether (sulfide) groups is 2. The van der Waals surface area contributed by atoms with Gasteiger partial charge in [0, 0.05) is 10.5 Å². The van der Waals surface area contributed by atoms with Crippen molar-refractivity contribution >= 4 is 45.8 Å². The van der Waals surface area contributed by atoms with Crippen molar-refractivity contribution < 1.29 is 4.79 Å². The van der Waals surface area contributed by atoms with E-state index in [4.69, 9.17) is 4.98 Å². The molecule has 3 aromatic rings. The molecule has 26 heavy (non-hydrogen) atoms. The fraction of sp³-hybridized carbons (Fsp3) is 0.200. The van der Waals surface area contributed by atoms with E-state index in [1.807, 2.05) is 54.6 Å². The molecule has 0 aliphatic heterocycles. The van der Waals surface area contributed by atoms with Crippen LogP contribution in [-0.2, 0) is 0 Å². The van der Waals surface area contributed by atoms with Crippen LogP contribution in [0, 0.1) is 0 Å². The van der Waals surface area contributed by atoms with Crippen molar-refractivity contribution in [2.24, 2.45) is 0 Å². The first-order valence-corrected chi connectivity index (χ1v) is 11.2. The second kappa shape index (κ2) is 9.26. The van der Waals surface area contributed by atoms with Gasteiger partial charge in [0.15, 0.2) is 4.34 Å². The van der Waals surface area contributed by atoms with Gasteiger partial charge in [-0.15, -0.1) is 11.8 Å². The molecule has 1 N–H and O–H groups in total. The lowest BCUT2D eigenvalue weighted by Crippen LogP contribution is -2.12. The molecule has 0 atom stereocenters. The summed E-state index contributed by atoms with van der Waals surface area (Å²) < 4.78 is 0.970. The van der Waals surface area contributed by atoms with Gasteiger partial charge in [-0.25, -0.2) is 4.98 Å². The lowest BCUT2D eigenvalue weighted by Gasteiger charge is -2.09. The number of rotatable bonds is 7. The Morgan fingerprint density at radius 2 is 1.69 bits per heavy atom. The minimum absolute atomic E-state index is 0.0876. The van der Waals surface area contributed by atoms with Crippen LogP contribution in [0.1, 0.15) is 24.2 Å². The van der Waals surface area contributed by atoms with E-state index >= 15 is 0 Å². The van der Waals surface area contributed by atoms with Gasteiger partial charge >= 0.3 is 0 Å². The average molecular weight is 401 g/mol. The Labute approximate surface area is 166 Å². The minimum Gasteiger partial charge on any atom is -0.312 e. The highest BCUT2D eigenvalue weighted by Crippen LogP contribution is 2.38. The van der Waals surface area contributed by atoms with Crippen LogP contribution in [0.2, 0.25) is 0 Å². The van der Waals surface area contributed by atoms with Gasteiger partial charge in [0.1, 0.15) is 10.7 Å². The molecule has 0 fully saturated rings. The van der Waals surface area contributed by atoms with Crippen molar-refractivity contribution in [1.29, 1.82) is 0 Å². The number of benzene rings is 2. The molecule has 0 radical (unpaired) electrons. The van der Waals surface area contributed by atoms with Gasteiger partial charge in [0.2, 0.25) is 0 Å². The molecule has 1 heterocycles. The molecule has 1 aromatic heterocycles. The monoisotopic (exact) mass is 400 g/mol. The molecule has 2 aromatic carbocycles. The highest BCUT2D eigenvalue weighted by atomic mass is 32.2. The SMILES string of the molecule is CCSc1nc(-c2ccccc2)c(NC(=O)c2ccccc2SCC)s1. The summed E-state index contributed by atoms with van der Waals surface area (Å²) in [5.74, 6) is 1.79. The molecule has 6 heteroatoms. The molecule has 0 aliphatic carbocycles. The zero-order valence-electron chi connectivity index (χ0n) is 14.7. The van der Waals surface area contributed by atoms with Crippen LogP contribution in [0.3, 0.4) is 0 Å². The van der Waals surface area contributed by atoms with Crippen molar-refractivity contribution in [2.75, 3.05) is 16.8 Å². The van der Waals surface area contributed by atoms with Crippen LogP contribution in [0.4, 0.5) is 5.00 Å². The van der Waals surface area contributed by atoms with Crippen molar-refractivity contribution in [2.45, 2.75) is 23.1 Å². The molecular weight excluding hydrogens is 380 g/mol. The quantitative estimate of drug-likeness (QED) is 0.474. The molecule has 0 unspecified atom stereocenters. The van der Waals surface area contributed by atoms with Crippen molar-refractivity contribution in [3.8, 4) is 11.3 Å². The lowest BCUT2D eigenvalue weighted by molar-refractivity contribution is 0.102. The van der Waals surface area contributed by atoms with Crippen LogP contribution in [0.5, 0.6) is 0 Å². The highest BCUT2D eigenvalue weighted by Gasteiger charge is 2.18. The second-order valence-electron chi connectivity index (χ2n) is 5.34. The van der Waals surface area contributed by atoms with E-state index in [0.29, 0.717) is 5.56 Å². The fourth-order valence-electron chi connectivity index (χ4n) is 2.47. The van der Waals surface area contributed by atoms with E-state index in [2.05, 4.69) is 19.2 Å². The predicted molar refractivity (Wildman–Crippen MR) is 115 cm³/mol. The number of nitrogens with zero attached hydrogens (tertiary/aromatic N) is 1. The van der Waals surface area contributed by atoms with E-state index in [0.717, 1.165) is 37.0 Å². The number of anilines is 1. The fourth-order valence-corrected chi connectivity index (χ4v) is 5.23. The Kier molecular flexibility index (Phi) is 6.77. The molecule has 3 rings (SSSR count). The zero-order chi connectivity index (χ0) is 18.4. The maximum Gasteiger partial charge on any atom is 0.257 e. The first-order chi connectivity index (χ1) is 12.7. The van der Waals surface area contributed by atoms with Crippen LogP contribution >= 0.6 is 34.9 Å². The number of amides is 1. The van der Waals surface area contributed by atoms with Gasteiger partial charge in [-0.05, 0) is 23.6 Å². The summed E-state index contributed by atoms with van der Waals surface area (Å²) in [7, 11) is 0. The number of aromatic nitrogens is 1. The maximum absolute atomic E-state index is 12.9. The number of hydrogen-bond donors (Lipinski definition) is 1. The van der Waals surface area contributed by atoms with Gasteiger partial charge in [0.25, 0.3) is 5.91 Å². The molecule has 0 spiro atoms. The van der Waals surface area contributed by atoms with E-state index in [1.165, 1.54) is 11.3 Å². The van der Waals surface area contributed by atoms with Gasteiger partial charge in [-0.3, -0.25) is 4.79 Å². The first-order valence-electron chi connectivity index (χ1n) is 8.45. The van der Waals surface area contributed by atoms with Crippen LogP contribution in [0.15, 0.2) is 63.8 Å². The van der Waals surface area contributed by atoms with Gasteiger partial charge in [0.05, 0.1) is 5.56 Å². The maximum atomic E-state index is 12.9. The molecule has 0 saturated heterocycles. The van der Waals surface area contributed by atoms with E-state index in [-0.39, 0.29) is 5.91 Å². The molecule has 0 bridgehead atoms. The third-order valence-corrected chi connectivity index (χ3v) is 6.53. The van der Waals surface area contributed by atoms with E-state index in [9.17, 15) is 4.79 Å². The predicted octanol–water partition coefficient (Wildman–Crippen LogP) is 6.29. The first kappa shape index (κ1) is 19.0. The standard InChI is InChI=1S/C20H20N2OS3/c1-3-24-16-13-9-8-12-15(16)18(23)22-19-17(14-10-6-5-7-11-14)21-20(26-19)25-4-2/h5-13H,3-4H2,1-2H3,(H,22,23). The molecule has 134 valence electrons. The van der Waals surface area contributed by atoms with Crippen LogP contribution in [-0.4, -0.2) is 22.4 Å². The second-order valence-corrected chi connectivity index (χ2v) is 9.16. The summed E-state index contributed by atoms with van der Waals surface area (Å²) in [6, 6.07) is 17.7. The number of hydrogen-bond acceptors (Lipinski definition) is 5. The number of thiazole rings is 1. The normalized spacial score (nSPS) is 10.7. The summed E-state index contributed by atoms with van der Waals surface area (Å²) in [5.41, 5.74) is 2.55. The van der Waals surface area contributed by atoms with E-state index < -0.39 is 0 Å². The summed E-state index contributed by atoms with van der Waals surface area (Å²) >= 11 is 4.90. The van der Waals surface area contributed by atoms with E-state index in [1.54, 1.807) is 23.5 Å². The summed E-state index contributed by atoms with van der Waals surface area (Å²) in [6.07, 6.45) is 0. The van der Waals surface area contributed by atoms with Crippen LogP contribution < -0.4 is 5.32 Å². The van der Waals surface area contributed by atoms with Gasteiger partial charge < -0.3 is 5.32 Å². The third-order valence-electron chi connectivity index (χ3n) is 3.58. The number of nitrogens with one attached hydrogen (secondary N) is 1. The van der Waals surface area contributed by atoms with Crippen LogP contribution in [0.25, 0.3) is 11.3 Å². The van der Waals surface area contributed by atoms with Crippen molar-refractivity contribution in [3.05, 3.63) is 60.2 Å². The molecule has 1 amide bonds. The summed E-state index contributed by atoms with van der Waals surface area (Å²) in [5, 5.41) is 3.89. The smallest absolute Gasteiger partial charge is 0.257 e. The Bertz CT molecular complexity index is 878. The average Bonchev–Trinajstić information content (AvgIpc) is 3.06. The summed E-state index contributed by atoms with van der Waals surface area (Å²) in [4.78, 5) is 18.6. The Hall–Kier alpha value is -1.76. The highest BCUT2D eigenvalue weighted by molar-refractivity contribution is 8.01. The van der Waals surface area contributed by atoms with Crippen molar-refractivity contribution in [1.82, 2.24) is 4.98 Å². The largest absolute Gasteiger partial charge is 0.312 e. The number of carbonyl (C=O) groups is 1. The zero-order valence-corrected chi connectivity index (χ0v) is 17.1. The topological polar surface area (TPSA) is 42.0 Å². The van der Waals surface area contributed by atoms with Gasteiger partial charge in [-0.1, -0.05) is 79.4 Å². The Morgan fingerprint density at radius 3 is 2.42 bits per heavy atom. The molecule has 0 aliphatic rings. The van der Waals surface area contributed by atoms with Gasteiger partial charge in [-0.2, -0.15) is 0 Å². The third kappa shape index (κ3) is 4.50. The molecule has 3 nitrogen and oxygen atoms in total. The minimum atomic E-state index is -0.0876. The lowest BCUT2D eigenvalue weighted by atomic mass is 10.1. The summed E-state index contributed by atoms with van der Waals surface area (Å²) in [6.45, 7) is 4.19.